The van der Waals surface area contributed by atoms with E-state index in [2.05, 4.69) is 15.2 Å². The molecule has 0 saturated heterocycles. The number of nitrogens with zero attached hydrogens (tertiary/aromatic N) is 4. The number of aryl methyl sites for hydroxylation is 3. The number of carbonyl (C=O) groups excluding carboxylic acids is 1. The summed E-state index contributed by atoms with van der Waals surface area (Å²) in [5.74, 6) is -0.0741. The number of nitrogens with one attached hydrogen (secondary N) is 1. The van der Waals surface area contributed by atoms with Crippen LogP contribution in [0.1, 0.15) is 33.7 Å². The van der Waals surface area contributed by atoms with E-state index in [0.717, 1.165) is 24.2 Å². The number of hydrogen-bond donors (Lipinski definition) is 1. The fourth-order valence-electron chi connectivity index (χ4n) is 3.10. The highest BCUT2D eigenvalue weighted by atomic mass is 16.2. The summed E-state index contributed by atoms with van der Waals surface area (Å²) in [5, 5.41) is 7.70. The molecule has 3 aromatic rings. The molecule has 7 heteroatoms. The monoisotopic (exact) mass is 353 g/mol. The number of aromatic nitrogens is 4. The van der Waals surface area contributed by atoms with Crippen LogP contribution in [0.25, 0.3) is 10.9 Å². The summed E-state index contributed by atoms with van der Waals surface area (Å²) in [4.78, 5) is 30.7. The predicted octanol–water partition coefficient (Wildman–Crippen LogP) is 1.98. The summed E-state index contributed by atoms with van der Waals surface area (Å²) in [6, 6.07) is 5.04. The minimum absolute atomic E-state index is 0.0741. The molecule has 0 radical (unpaired) electrons. The number of amides is 1. The number of H-pyrrole nitrogens is 1. The molecule has 1 N–H and O–H groups in total. The normalized spacial score (nSPS) is 11.1. The third-order valence-electron chi connectivity index (χ3n) is 4.71. The van der Waals surface area contributed by atoms with Crippen molar-refractivity contribution in [2.24, 2.45) is 7.05 Å². The van der Waals surface area contributed by atoms with Gasteiger partial charge in [-0.05, 0) is 50.5 Å². The topological polar surface area (TPSA) is 83.9 Å². The van der Waals surface area contributed by atoms with Crippen molar-refractivity contribution in [2.45, 2.75) is 26.7 Å². The lowest BCUT2D eigenvalue weighted by atomic mass is 10.1. The lowest BCUT2D eigenvalue weighted by Crippen LogP contribution is -2.28. The Balaban J connectivity index is 1.69. The molecular formula is C19H23N5O2. The van der Waals surface area contributed by atoms with Crippen LogP contribution in [-0.4, -0.2) is 44.1 Å². The number of benzene rings is 1. The first-order chi connectivity index (χ1) is 12.4. The molecule has 0 aliphatic rings. The Morgan fingerprint density at radius 2 is 2.08 bits per heavy atom. The molecule has 0 atom stereocenters. The Hall–Kier alpha value is -2.96. The third kappa shape index (κ3) is 3.37. The summed E-state index contributed by atoms with van der Waals surface area (Å²) in [5.41, 5.74) is 4.27. The van der Waals surface area contributed by atoms with Gasteiger partial charge < -0.3 is 9.47 Å². The highest BCUT2D eigenvalue weighted by molar-refractivity contribution is 5.97. The smallest absolute Gasteiger partial charge is 0.260 e. The van der Waals surface area contributed by atoms with Crippen LogP contribution in [-0.2, 0) is 13.5 Å². The molecule has 0 unspecified atom stereocenters. The number of carbonyl (C=O) groups is 1. The first kappa shape index (κ1) is 17.8. The summed E-state index contributed by atoms with van der Waals surface area (Å²) in [6.07, 6.45) is 3.20. The van der Waals surface area contributed by atoms with Crippen molar-refractivity contribution in [3.63, 3.8) is 0 Å². The zero-order valence-electron chi connectivity index (χ0n) is 15.5. The maximum absolute atomic E-state index is 12.7. The van der Waals surface area contributed by atoms with Gasteiger partial charge in [0.2, 0.25) is 0 Å². The molecule has 1 amide bonds. The molecule has 2 heterocycles. The summed E-state index contributed by atoms with van der Waals surface area (Å²) < 4.78 is 1.43. The molecule has 1 aromatic carbocycles. The van der Waals surface area contributed by atoms with Crippen molar-refractivity contribution in [3.8, 4) is 0 Å². The number of fused-ring (bicyclic) bond motifs is 1. The molecule has 136 valence electrons. The van der Waals surface area contributed by atoms with E-state index in [-0.39, 0.29) is 11.5 Å². The van der Waals surface area contributed by atoms with Gasteiger partial charge in [-0.2, -0.15) is 5.10 Å². The molecule has 0 saturated carbocycles. The molecule has 2 aromatic heterocycles. The van der Waals surface area contributed by atoms with E-state index in [1.807, 2.05) is 13.8 Å². The van der Waals surface area contributed by atoms with Crippen LogP contribution in [0.4, 0.5) is 0 Å². The number of rotatable bonds is 5. The second-order valence-corrected chi connectivity index (χ2v) is 6.64. The zero-order chi connectivity index (χ0) is 18.8. The van der Waals surface area contributed by atoms with Crippen LogP contribution in [0.3, 0.4) is 0 Å². The maximum Gasteiger partial charge on any atom is 0.260 e. The standard InChI is InChI=1S/C19H23N5O2/c1-12-15(13(2)22-21-12)6-5-9-23(3)18(25)14-7-8-16-17(10-14)20-11-24(4)19(16)26/h7-8,10-11H,5-6,9H2,1-4H3,(H,21,22). The second kappa shape index (κ2) is 7.11. The minimum Gasteiger partial charge on any atom is -0.342 e. The average Bonchev–Trinajstić information content (AvgIpc) is 2.95. The van der Waals surface area contributed by atoms with Crippen LogP contribution in [0.15, 0.2) is 29.3 Å². The molecule has 7 nitrogen and oxygen atoms in total. The van der Waals surface area contributed by atoms with Crippen LogP contribution in [0, 0.1) is 13.8 Å². The summed E-state index contributed by atoms with van der Waals surface area (Å²) in [7, 11) is 3.45. The van der Waals surface area contributed by atoms with Gasteiger partial charge in [0, 0.05) is 31.9 Å². The molecule has 0 bridgehead atoms. The van der Waals surface area contributed by atoms with Gasteiger partial charge in [0.05, 0.1) is 22.9 Å². The van der Waals surface area contributed by atoms with Gasteiger partial charge in [0.25, 0.3) is 11.5 Å². The van der Waals surface area contributed by atoms with E-state index >= 15 is 0 Å². The Morgan fingerprint density at radius 1 is 1.31 bits per heavy atom. The Labute approximate surface area is 151 Å². The third-order valence-corrected chi connectivity index (χ3v) is 4.71. The van der Waals surface area contributed by atoms with Crippen LogP contribution >= 0.6 is 0 Å². The predicted molar refractivity (Wildman–Crippen MR) is 100 cm³/mol. The largest absolute Gasteiger partial charge is 0.342 e. The minimum atomic E-state index is -0.117. The molecule has 0 fully saturated rings. The van der Waals surface area contributed by atoms with Crippen molar-refractivity contribution in [3.05, 3.63) is 57.4 Å². The molecular weight excluding hydrogens is 330 g/mol. The van der Waals surface area contributed by atoms with E-state index in [1.165, 1.54) is 16.5 Å². The van der Waals surface area contributed by atoms with Gasteiger partial charge in [0.15, 0.2) is 0 Å². The van der Waals surface area contributed by atoms with Gasteiger partial charge in [0.1, 0.15) is 0 Å². The van der Waals surface area contributed by atoms with Crippen molar-refractivity contribution < 1.29 is 4.79 Å². The van der Waals surface area contributed by atoms with Gasteiger partial charge in [-0.15, -0.1) is 0 Å². The zero-order valence-corrected chi connectivity index (χ0v) is 15.5. The van der Waals surface area contributed by atoms with E-state index in [4.69, 9.17) is 0 Å². The highest BCUT2D eigenvalue weighted by Gasteiger charge is 2.14. The van der Waals surface area contributed by atoms with Gasteiger partial charge in [-0.1, -0.05) is 0 Å². The molecule has 0 aliphatic heterocycles. The first-order valence-electron chi connectivity index (χ1n) is 8.59. The Bertz CT molecular complexity index is 999. The lowest BCUT2D eigenvalue weighted by molar-refractivity contribution is 0.0793. The fourth-order valence-corrected chi connectivity index (χ4v) is 3.10. The number of hydrogen-bond acceptors (Lipinski definition) is 4. The van der Waals surface area contributed by atoms with Crippen LogP contribution in [0.2, 0.25) is 0 Å². The van der Waals surface area contributed by atoms with Crippen molar-refractivity contribution >= 4 is 16.8 Å². The second-order valence-electron chi connectivity index (χ2n) is 6.64. The first-order valence-corrected chi connectivity index (χ1v) is 8.59. The maximum atomic E-state index is 12.7. The van der Waals surface area contributed by atoms with Crippen molar-refractivity contribution in [1.29, 1.82) is 0 Å². The highest BCUT2D eigenvalue weighted by Crippen LogP contribution is 2.14. The Kier molecular flexibility index (Phi) is 4.88. The van der Waals surface area contributed by atoms with Crippen molar-refractivity contribution in [1.82, 2.24) is 24.6 Å². The van der Waals surface area contributed by atoms with E-state index in [0.29, 0.717) is 23.0 Å². The SMILES string of the molecule is Cc1n[nH]c(C)c1CCCN(C)C(=O)c1ccc2c(=O)n(C)cnc2c1. The van der Waals surface area contributed by atoms with Gasteiger partial charge in [-0.3, -0.25) is 14.7 Å². The average molecular weight is 353 g/mol. The molecule has 3 rings (SSSR count). The van der Waals surface area contributed by atoms with E-state index < -0.39 is 0 Å². The Morgan fingerprint density at radius 3 is 2.77 bits per heavy atom. The van der Waals surface area contributed by atoms with E-state index in [1.54, 1.807) is 37.2 Å². The molecule has 26 heavy (non-hydrogen) atoms. The number of aromatic amines is 1. The summed E-state index contributed by atoms with van der Waals surface area (Å²) >= 11 is 0. The van der Waals surface area contributed by atoms with Gasteiger partial charge in [-0.25, -0.2) is 4.98 Å². The van der Waals surface area contributed by atoms with Crippen molar-refractivity contribution in [2.75, 3.05) is 13.6 Å². The lowest BCUT2D eigenvalue weighted by Gasteiger charge is -2.17. The van der Waals surface area contributed by atoms with Gasteiger partial charge >= 0.3 is 0 Å². The van der Waals surface area contributed by atoms with E-state index in [9.17, 15) is 9.59 Å². The van der Waals surface area contributed by atoms with Crippen LogP contribution < -0.4 is 5.56 Å². The molecule has 0 spiro atoms. The fraction of sp³-hybridized carbons (Fsp3) is 0.368. The molecule has 0 aliphatic carbocycles. The van der Waals surface area contributed by atoms with Crippen LogP contribution in [0.5, 0.6) is 0 Å². The summed E-state index contributed by atoms with van der Waals surface area (Å²) in [6.45, 7) is 4.64. The quantitative estimate of drug-likeness (QED) is 0.760.